The highest BCUT2D eigenvalue weighted by molar-refractivity contribution is 6.00. The fourth-order valence-corrected chi connectivity index (χ4v) is 2.04. The molecule has 0 fully saturated rings. The largest absolute Gasteiger partial charge is 0.294 e. The van der Waals surface area contributed by atoms with Gasteiger partial charge in [0.2, 0.25) is 0 Å². The second-order valence-electron chi connectivity index (χ2n) is 3.87. The van der Waals surface area contributed by atoms with Crippen LogP contribution in [-0.2, 0) is 11.2 Å². The molecule has 2 aromatic carbocycles. The molecule has 1 nitrogen and oxygen atoms in total. The molecule has 0 amide bonds. The summed E-state index contributed by atoms with van der Waals surface area (Å²) >= 11 is 0. The van der Waals surface area contributed by atoms with Gasteiger partial charge in [0.05, 0.1) is 0 Å². The van der Waals surface area contributed by atoms with Gasteiger partial charge in [-0.2, -0.15) is 0 Å². The Morgan fingerprint density at radius 2 is 1.67 bits per heavy atom. The predicted molar refractivity (Wildman–Crippen MR) is 61.7 cm³/mol. The highest BCUT2D eigenvalue weighted by Gasteiger charge is 2.10. The summed E-state index contributed by atoms with van der Waals surface area (Å²) in [6, 6.07) is 12.5. The Morgan fingerprint density at radius 1 is 0.933 bits per heavy atom. The van der Waals surface area contributed by atoms with Crippen LogP contribution < -0.4 is 0 Å². The molecule has 0 N–H and O–H groups in total. The van der Waals surface area contributed by atoms with Gasteiger partial charge in [0.25, 0.3) is 0 Å². The Balaban J connectivity index is 2.31. The van der Waals surface area contributed by atoms with Crippen molar-refractivity contribution < 1.29 is 4.79 Å². The number of fused-ring (bicyclic) bond motifs is 2. The molecule has 0 aliphatic heterocycles. The minimum absolute atomic E-state index is 0.192. The van der Waals surface area contributed by atoms with Crippen LogP contribution in [0.1, 0.15) is 11.1 Å². The molecule has 0 unspecified atom stereocenters. The molecule has 0 atom stereocenters. The number of carbonyl (C=O) groups is 1. The van der Waals surface area contributed by atoms with Crippen LogP contribution in [0, 0.1) is 0 Å². The Hall–Kier alpha value is -1.89. The highest BCUT2D eigenvalue weighted by atomic mass is 16.1. The van der Waals surface area contributed by atoms with E-state index >= 15 is 0 Å². The van der Waals surface area contributed by atoms with Crippen molar-refractivity contribution in [2.24, 2.45) is 0 Å². The topological polar surface area (TPSA) is 17.1 Å². The van der Waals surface area contributed by atoms with Gasteiger partial charge < -0.3 is 0 Å². The van der Waals surface area contributed by atoms with E-state index in [4.69, 9.17) is 0 Å². The molecular formula is C14H10O. The van der Waals surface area contributed by atoms with Crippen molar-refractivity contribution >= 4 is 22.6 Å². The molecule has 1 aliphatic rings. The molecule has 0 aromatic heterocycles. The second-order valence-corrected chi connectivity index (χ2v) is 3.87. The van der Waals surface area contributed by atoms with E-state index < -0.39 is 0 Å². The summed E-state index contributed by atoms with van der Waals surface area (Å²) in [6.07, 6.45) is 4.11. The lowest BCUT2D eigenvalue weighted by atomic mass is 9.93. The average Bonchev–Trinajstić information content (AvgIpc) is 2.26. The summed E-state index contributed by atoms with van der Waals surface area (Å²) in [7, 11) is 0. The van der Waals surface area contributed by atoms with Crippen LogP contribution in [0.25, 0.3) is 16.8 Å². The molecule has 1 heteroatoms. The van der Waals surface area contributed by atoms with Gasteiger partial charge in [-0.3, -0.25) is 4.79 Å². The summed E-state index contributed by atoms with van der Waals surface area (Å²) in [5.74, 6) is 0.192. The van der Waals surface area contributed by atoms with Gasteiger partial charge in [-0.15, -0.1) is 0 Å². The molecule has 15 heavy (non-hydrogen) atoms. The van der Waals surface area contributed by atoms with Crippen molar-refractivity contribution in [3.05, 3.63) is 53.6 Å². The Morgan fingerprint density at radius 3 is 2.47 bits per heavy atom. The van der Waals surface area contributed by atoms with Gasteiger partial charge in [0.1, 0.15) is 0 Å². The summed E-state index contributed by atoms with van der Waals surface area (Å²) in [5, 5.41) is 2.44. The zero-order chi connectivity index (χ0) is 10.3. The van der Waals surface area contributed by atoms with E-state index in [1.165, 1.54) is 16.3 Å². The van der Waals surface area contributed by atoms with Gasteiger partial charge in [-0.1, -0.05) is 36.4 Å². The maximum atomic E-state index is 11.3. The number of hydrogen-bond donors (Lipinski definition) is 0. The highest BCUT2D eigenvalue weighted by Crippen LogP contribution is 2.24. The van der Waals surface area contributed by atoms with E-state index in [0.717, 1.165) is 5.56 Å². The van der Waals surface area contributed by atoms with Crippen LogP contribution in [0.4, 0.5) is 0 Å². The van der Waals surface area contributed by atoms with Crippen LogP contribution in [0.5, 0.6) is 0 Å². The Bertz CT molecular complexity index is 579. The van der Waals surface area contributed by atoms with Crippen molar-refractivity contribution in [3.8, 4) is 0 Å². The molecular weight excluding hydrogens is 184 g/mol. The number of rotatable bonds is 0. The molecule has 1 aliphatic carbocycles. The van der Waals surface area contributed by atoms with Crippen molar-refractivity contribution in [1.29, 1.82) is 0 Å². The van der Waals surface area contributed by atoms with Crippen LogP contribution in [0.2, 0.25) is 0 Å². The van der Waals surface area contributed by atoms with Gasteiger partial charge in [0.15, 0.2) is 5.78 Å². The maximum absolute atomic E-state index is 11.3. The maximum Gasteiger partial charge on any atom is 0.160 e. The molecule has 72 valence electrons. The monoisotopic (exact) mass is 194 g/mol. The first-order valence-corrected chi connectivity index (χ1v) is 5.05. The van der Waals surface area contributed by atoms with Gasteiger partial charge in [-0.25, -0.2) is 0 Å². The van der Waals surface area contributed by atoms with Crippen molar-refractivity contribution in [3.63, 3.8) is 0 Å². The summed E-state index contributed by atoms with van der Waals surface area (Å²) in [6.45, 7) is 0. The number of benzene rings is 2. The Kier molecular flexibility index (Phi) is 1.72. The fraction of sp³-hybridized carbons (Fsp3) is 0.0714. The van der Waals surface area contributed by atoms with E-state index in [-0.39, 0.29) is 5.78 Å². The van der Waals surface area contributed by atoms with Crippen molar-refractivity contribution in [2.45, 2.75) is 6.42 Å². The molecule has 0 radical (unpaired) electrons. The molecule has 0 saturated heterocycles. The average molecular weight is 194 g/mol. The standard InChI is InChI=1S/C14H10O/c15-14-6-5-12-7-10-3-1-2-4-11(10)8-13(12)9-14/h1-8H,9H2. The smallest absolute Gasteiger partial charge is 0.160 e. The molecule has 0 spiro atoms. The molecule has 0 saturated carbocycles. The van der Waals surface area contributed by atoms with Crippen LogP contribution in [-0.4, -0.2) is 5.78 Å². The first-order valence-electron chi connectivity index (χ1n) is 5.05. The van der Waals surface area contributed by atoms with E-state index in [2.05, 4.69) is 24.3 Å². The third-order valence-electron chi connectivity index (χ3n) is 2.82. The van der Waals surface area contributed by atoms with E-state index in [9.17, 15) is 4.79 Å². The van der Waals surface area contributed by atoms with Crippen molar-refractivity contribution in [1.82, 2.24) is 0 Å². The SMILES string of the molecule is O=C1C=Cc2cc3ccccc3cc2C1. The molecule has 3 rings (SSSR count). The summed E-state index contributed by atoms with van der Waals surface area (Å²) in [4.78, 5) is 11.3. The molecule has 2 aromatic rings. The minimum Gasteiger partial charge on any atom is -0.294 e. The van der Waals surface area contributed by atoms with Gasteiger partial charge >= 0.3 is 0 Å². The van der Waals surface area contributed by atoms with Gasteiger partial charge in [0, 0.05) is 6.42 Å². The second kappa shape index (κ2) is 3.06. The minimum atomic E-state index is 0.192. The third kappa shape index (κ3) is 1.37. The quantitative estimate of drug-likeness (QED) is 0.630. The van der Waals surface area contributed by atoms with Crippen LogP contribution in [0.15, 0.2) is 42.5 Å². The van der Waals surface area contributed by atoms with E-state index in [0.29, 0.717) is 6.42 Å². The zero-order valence-electron chi connectivity index (χ0n) is 8.23. The van der Waals surface area contributed by atoms with Gasteiger partial charge in [-0.05, 0) is 34.0 Å². The summed E-state index contributed by atoms with van der Waals surface area (Å²) in [5.41, 5.74) is 2.31. The molecule has 0 bridgehead atoms. The van der Waals surface area contributed by atoms with Crippen LogP contribution in [0.3, 0.4) is 0 Å². The number of ketones is 1. The number of hydrogen-bond acceptors (Lipinski definition) is 1. The lowest BCUT2D eigenvalue weighted by Gasteiger charge is -2.10. The fourth-order valence-electron chi connectivity index (χ4n) is 2.04. The number of carbonyl (C=O) groups excluding carboxylic acids is 1. The zero-order valence-corrected chi connectivity index (χ0v) is 8.23. The Labute approximate surface area is 88.0 Å². The van der Waals surface area contributed by atoms with Crippen LogP contribution >= 0.6 is 0 Å². The predicted octanol–water partition coefficient (Wildman–Crippen LogP) is 2.98. The normalized spacial score (nSPS) is 14.3. The van der Waals surface area contributed by atoms with E-state index in [1.807, 2.05) is 18.2 Å². The molecule has 0 heterocycles. The summed E-state index contributed by atoms with van der Waals surface area (Å²) < 4.78 is 0. The third-order valence-corrected chi connectivity index (χ3v) is 2.82. The number of allylic oxidation sites excluding steroid dienone is 1. The van der Waals surface area contributed by atoms with Crippen molar-refractivity contribution in [2.75, 3.05) is 0 Å². The first kappa shape index (κ1) is 8.42. The lowest BCUT2D eigenvalue weighted by Crippen LogP contribution is -2.04. The van der Waals surface area contributed by atoms with E-state index in [1.54, 1.807) is 6.08 Å². The lowest BCUT2D eigenvalue weighted by molar-refractivity contribution is -0.114. The first-order chi connectivity index (χ1) is 7.33.